The lowest BCUT2D eigenvalue weighted by Crippen LogP contribution is -2.67. The third-order valence-electron chi connectivity index (χ3n) is 4.98. The topological polar surface area (TPSA) is 83.9 Å². The zero-order valence-electron chi connectivity index (χ0n) is 16.7. The summed E-state index contributed by atoms with van der Waals surface area (Å²) in [6.45, 7) is 9.92. The lowest BCUT2D eigenvalue weighted by atomic mass is 9.74. The Bertz CT molecular complexity index is 350. The van der Waals surface area contributed by atoms with Crippen molar-refractivity contribution in [1.29, 1.82) is 0 Å². The first-order chi connectivity index (χ1) is 12.6. The first-order valence-electron chi connectivity index (χ1n) is 9.42. The molecule has 1 rings (SSSR count). The minimum Gasteiger partial charge on any atom is -0.396 e. The van der Waals surface area contributed by atoms with Gasteiger partial charge in [0.05, 0.1) is 52.9 Å². The van der Waals surface area contributed by atoms with Gasteiger partial charge in [0, 0.05) is 58.4 Å². The lowest BCUT2D eigenvalue weighted by Gasteiger charge is -2.55. The first kappa shape index (κ1) is 23.7. The molecular formula is C18H38N2O6. The molecule has 2 atom stereocenters. The molecule has 1 saturated heterocycles. The normalized spacial score (nSPS) is 23.5. The van der Waals surface area contributed by atoms with Crippen molar-refractivity contribution in [3.8, 4) is 0 Å². The Morgan fingerprint density at radius 3 is 2.31 bits per heavy atom. The van der Waals surface area contributed by atoms with Gasteiger partial charge in [-0.25, -0.2) is 0 Å². The summed E-state index contributed by atoms with van der Waals surface area (Å²) < 4.78 is 21.6. The molecule has 1 aliphatic rings. The number of ether oxygens (including phenoxy) is 4. The van der Waals surface area contributed by atoms with E-state index >= 15 is 0 Å². The Kier molecular flexibility index (Phi) is 12.6. The molecule has 26 heavy (non-hydrogen) atoms. The van der Waals surface area contributed by atoms with Crippen LogP contribution in [-0.4, -0.2) is 126 Å². The van der Waals surface area contributed by atoms with E-state index in [0.717, 1.165) is 26.2 Å². The van der Waals surface area contributed by atoms with E-state index in [0.29, 0.717) is 46.2 Å². The molecule has 0 radical (unpaired) electrons. The summed E-state index contributed by atoms with van der Waals surface area (Å²) in [6, 6.07) is 0.219. The van der Waals surface area contributed by atoms with Crippen molar-refractivity contribution >= 4 is 0 Å². The maximum atomic E-state index is 9.62. The van der Waals surface area contributed by atoms with Crippen LogP contribution in [-0.2, 0) is 18.9 Å². The van der Waals surface area contributed by atoms with Crippen LogP contribution in [0.4, 0.5) is 0 Å². The minimum absolute atomic E-state index is 0.0965. The van der Waals surface area contributed by atoms with Crippen LogP contribution < -0.4 is 0 Å². The van der Waals surface area contributed by atoms with E-state index in [4.69, 9.17) is 24.1 Å². The summed E-state index contributed by atoms with van der Waals surface area (Å²) in [7, 11) is 3.37. The van der Waals surface area contributed by atoms with E-state index in [1.807, 2.05) is 0 Å². The van der Waals surface area contributed by atoms with Gasteiger partial charge in [0.25, 0.3) is 0 Å². The van der Waals surface area contributed by atoms with E-state index < -0.39 is 0 Å². The van der Waals surface area contributed by atoms with Gasteiger partial charge in [0.15, 0.2) is 0 Å². The molecule has 8 nitrogen and oxygen atoms in total. The molecule has 1 fully saturated rings. The second-order valence-electron chi connectivity index (χ2n) is 7.04. The summed E-state index contributed by atoms with van der Waals surface area (Å²) in [6.07, 6.45) is 0. The molecule has 0 saturated carbocycles. The number of aliphatic hydroxyl groups excluding tert-OH is 2. The zero-order chi connectivity index (χ0) is 19.3. The fourth-order valence-corrected chi connectivity index (χ4v) is 3.22. The van der Waals surface area contributed by atoms with E-state index in [-0.39, 0.29) is 24.7 Å². The van der Waals surface area contributed by atoms with Gasteiger partial charge in [-0.2, -0.15) is 0 Å². The van der Waals surface area contributed by atoms with Crippen molar-refractivity contribution in [3.63, 3.8) is 0 Å². The molecule has 0 aromatic rings. The van der Waals surface area contributed by atoms with Crippen LogP contribution in [0.3, 0.4) is 0 Å². The van der Waals surface area contributed by atoms with Crippen molar-refractivity contribution in [3.05, 3.63) is 0 Å². The first-order valence-corrected chi connectivity index (χ1v) is 9.42. The molecule has 1 aliphatic heterocycles. The molecule has 8 heteroatoms. The highest BCUT2D eigenvalue weighted by Crippen LogP contribution is 2.36. The highest BCUT2D eigenvalue weighted by atomic mass is 16.5. The predicted octanol–water partition coefficient (Wildman–Crippen LogP) is -0.710. The van der Waals surface area contributed by atoms with Crippen LogP contribution in [0, 0.1) is 5.41 Å². The van der Waals surface area contributed by atoms with Gasteiger partial charge in [-0.05, 0) is 0 Å². The number of methoxy groups -OCH3 is 2. The number of aliphatic hydroxyl groups is 2. The van der Waals surface area contributed by atoms with Gasteiger partial charge in [-0.1, -0.05) is 6.92 Å². The molecule has 2 N–H and O–H groups in total. The molecule has 0 amide bonds. The molecule has 0 aromatic heterocycles. The predicted molar refractivity (Wildman–Crippen MR) is 99.5 cm³/mol. The highest BCUT2D eigenvalue weighted by molar-refractivity contribution is 5.01. The molecular weight excluding hydrogens is 340 g/mol. The molecule has 0 spiro atoms. The fraction of sp³-hybridized carbons (Fsp3) is 1.00. The third-order valence-corrected chi connectivity index (χ3v) is 4.98. The number of hydrogen-bond acceptors (Lipinski definition) is 8. The molecule has 0 aromatic carbocycles. The Morgan fingerprint density at radius 1 is 0.962 bits per heavy atom. The van der Waals surface area contributed by atoms with E-state index in [9.17, 15) is 5.11 Å². The van der Waals surface area contributed by atoms with Crippen molar-refractivity contribution in [2.24, 2.45) is 5.41 Å². The molecule has 156 valence electrons. The minimum atomic E-state index is -0.0965. The van der Waals surface area contributed by atoms with Gasteiger partial charge in [-0.3, -0.25) is 9.80 Å². The molecule has 2 unspecified atom stereocenters. The van der Waals surface area contributed by atoms with Crippen molar-refractivity contribution in [1.82, 2.24) is 9.80 Å². The average Bonchev–Trinajstić information content (AvgIpc) is 2.64. The standard InChI is InChI=1S/C18H38N2O6/c1-18(16-22)15-20(7-10-24-3)17(18)14-26-13-12-25-11-6-19(4-8-21)5-9-23-2/h17,21-22H,4-16H2,1-3H3. The van der Waals surface area contributed by atoms with Crippen LogP contribution in [0.15, 0.2) is 0 Å². The number of hydrogen-bond donors (Lipinski definition) is 2. The zero-order valence-corrected chi connectivity index (χ0v) is 16.7. The van der Waals surface area contributed by atoms with Crippen molar-refractivity contribution < 1.29 is 29.2 Å². The second kappa shape index (κ2) is 13.8. The highest BCUT2D eigenvalue weighted by Gasteiger charge is 2.48. The maximum Gasteiger partial charge on any atom is 0.0701 e. The fourth-order valence-electron chi connectivity index (χ4n) is 3.22. The molecule has 0 aliphatic carbocycles. The summed E-state index contributed by atoms with van der Waals surface area (Å²) in [5.41, 5.74) is -0.0965. The Balaban J connectivity index is 2.12. The van der Waals surface area contributed by atoms with Crippen LogP contribution in [0.25, 0.3) is 0 Å². The van der Waals surface area contributed by atoms with E-state index in [1.54, 1.807) is 14.2 Å². The van der Waals surface area contributed by atoms with Crippen LogP contribution in [0.1, 0.15) is 6.92 Å². The Hall–Kier alpha value is -0.320. The molecule has 1 heterocycles. The Morgan fingerprint density at radius 2 is 1.65 bits per heavy atom. The summed E-state index contributed by atoms with van der Waals surface area (Å²) >= 11 is 0. The summed E-state index contributed by atoms with van der Waals surface area (Å²) in [4.78, 5) is 4.40. The van der Waals surface area contributed by atoms with Gasteiger partial charge in [-0.15, -0.1) is 0 Å². The maximum absolute atomic E-state index is 9.62. The van der Waals surface area contributed by atoms with Gasteiger partial charge in [0.1, 0.15) is 0 Å². The lowest BCUT2D eigenvalue weighted by molar-refractivity contribution is -0.130. The SMILES string of the molecule is COCCN(CCO)CCOCCOCC1N(CCOC)CC1(C)CO. The number of nitrogens with zero attached hydrogens (tertiary/aromatic N) is 2. The quantitative estimate of drug-likeness (QED) is 0.321. The summed E-state index contributed by atoms with van der Waals surface area (Å²) in [5.74, 6) is 0. The summed E-state index contributed by atoms with van der Waals surface area (Å²) in [5, 5.41) is 18.7. The largest absolute Gasteiger partial charge is 0.396 e. The van der Waals surface area contributed by atoms with Crippen molar-refractivity contribution in [2.45, 2.75) is 13.0 Å². The number of likely N-dealkylation sites (tertiary alicyclic amines) is 1. The number of rotatable bonds is 17. The van der Waals surface area contributed by atoms with E-state index in [1.165, 1.54) is 0 Å². The van der Waals surface area contributed by atoms with E-state index in [2.05, 4.69) is 16.7 Å². The van der Waals surface area contributed by atoms with Crippen LogP contribution >= 0.6 is 0 Å². The monoisotopic (exact) mass is 378 g/mol. The van der Waals surface area contributed by atoms with Crippen molar-refractivity contribution in [2.75, 3.05) is 99.8 Å². The smallest absolute Gasteiger partial charge is 0.0701 e. The van der Waals surface area contributed by atoms with Gasteiger partial charge < -0.3 is 29.2 Å². The van der Waals surface area contributed by atoms with Gasteiger partial charge in [0.2, 0.25) is 0 Å². The third kappa shape index (κ3) is 8.14. The van der Waals surface area contributed by atoms with Crippen LogP contribution in [0.5, 0.6) is 0 Å². The second-order valence-corrected chi connectivity index (χ2v) is 7.04. The van der Waals surface area contributed by atoms with Crippen LogP contribution in [0.2, 0.25) is 0 Å². The Labute approximate surface area is 157 Å². The molecule has 0 bridgehead atoms. The van der Waals surface area contributed by atoms with Gasteiger partial charge >= 0.3 is 0 Å². The average molecular weight is 379 g/mol.